The highest BCUT2D eigenvalue weighted by Crippen LogP contribution is 2.35. The van der Waals surface area contributed by atoms with Crippen molar-refractivity contribution in [3.8, 4) is 0 Å². The Morgan fingerprint density at radius 1 is 1.10 bits per heavy atom. The summed E-state index contributed by atoms with van der Waals surface area (Å²) in [6.07, 6.45) is 0. The van der Waals surface area contributed by atoms with Gasteiger partial charge in [-0.1, -0.05) is 41.4 Å². The van der Waals surface area contributed by atoms with Crippen LogP contribution in [-0.4, -0.2) is 0 Å². The van der Waals surface area contributed by atoms with Crippen molar-refractivity contribution in [2.24, 2.45) is 0 Å². The lowest BCUT2D eigenvalue weighted by Gasteiger charge is -2.06. The summed E-state index contributed by atoms with van der Waals surface area (Å²) >= 11 is 13.8. The van der Waals surface area contributed by atoms with Crippen molar-refractivity contribution in [2.75, 3.05) is 5.32 Å². The third-order valence-corrected chi connectivity index (χ3v) is 4.98. The molecule has 3 aromatic rings. The maximum atomic E-state index is 13.1. The molecule has 0 radical (unpaired) electrons. The zero-order chi connectivity index (χ0) is 14.1. The lowest BCUT2D eigenvalue weighted by atomic mass is 10.2. The smallest absolute Gasteiger partial charge is 0.141 e. The van der Waals surface area contributed by atoms with Gasteiger partial charge in [-0.15, -0.1) is 11.3 Å². The minimum absolute atomic E-state index is 0.109. The van der Waals surface area contributed by atoms with E-state index in [0.717, 1.165) is 25.7 Å². The summed E-state index contributed by atoms with van der Waals surface area (Å²) in [6, 6.07) is 12.6. The highest BCUT2D eigenvalue weighted by atomic mass is 35.5. The molecule has 0 saturated carbocycles. The van der Waals surface area contributed by atoms with E-state index in [4.69, 9.17) is 23.2 Å². The van der Waals surface area contributed by atoms with E-state index in [9.17, 15) is 4.39 Å². The van der Waals surface area contributed by atoms with Crippen molar-refractivity contribution in [3.05, 3.63) is 63.2 Å². The molecule has 0 amide bonds. The van der Waals surface area contributed by atoms with E-state index < -0.39 is 5.82 Å². The Labute approximate surface area is 129 Å². The quantitative estimate of drug-likeness (QED) is 0.626. The maximum absolute atomic E-state index is 13.1. The summed E-state index contributed by atoms with van der Waals surface area (Å²) in [5, 5.41) is 5.15. The van der Waals surface area contributed by atoms with Crippen LogP contribution < -0.4 is 5.32 Å². The predicted octanol–water partition coefficient (Wildman–Crippen LogP) is 5.96. The van der Waals surface area contributed by atoms with Crippen LogP contribution in [0.15, 0.2) is 42.5 Å². The van der Waals surface area contributed by atoms with Crippen LogP contribution in [-0.2, 0) is 6.54 Å². The van der Waals surface area contributed by atoms with Gasteiger partial charge in [-0.25, -0.2) is 4.39 Å². The van der Waals surface area contributed by atoms with Crippen molar-refractivity contribution < 1.29 is 4.39 Å². The Balaban J connectivity index is 1.83. The van der Waals surface area contributed by atoms with Gasteiger partial charge in [0.1, 0.15) is 5.82 Å². The molecule has 3 rings (SSSR count). The van der Waals surface area contributed by atoms with Gasteiger partial charge >= 0.3 is 0 Å². The fourth-order valence-corrected chi connectivity index (χ4v) is 3.59. The Hall–Kier alpha value is -1.29. The van der Waals surface area contributed by atoms with E-state index in [0.29, 0.717) is 6.54 Å². The number of nitrogens with one attached hydrogen (secondary N) is 1. The number of thiophene rings is 1. The van der Waals surface area contributed by atoms with Crippen LogP contribution in [0.2, 0.25) is 10.0 Å². The van der Waals surface area contributed by atoms with Gasteiger partial charge in [-0.05, 0) is 24.3 Å². The van der Waals surface area contributed by atoms with Crippen LogP contribution in [0.4, 0.5) is 10.1 Å². The molecule has 0 fully saturated rings. The van der Waals surface area contributed by atoms with E-state index in [1.165, 1.54) is 6.07 Å². The van der Waals surface area contributed by atoms with Crippen LogP contribution >= 0.6 is 34.5 Å². The van der Waals surface area contributed by atoms with Gasteiger partial charge in [-0.3, -0.25) is 0 Å². The molecule has 1 nitrogen and oxygen atoms in total. The SMILES string of the molecule is Fc1ccc(NCc2sc3ccccc3c2Cl)cc1Cl. The van der Waals surface area contributed by atoms with Gasteiger partial charge < -0.3 is 5.32 Å². The van der Waals surface area contributed by atoms with Crippen molar-refractivity contribution in [3.63, 3.8) is 0 Å². The van der Waals surface area contributed by atoms with Gasteiger partial charge in [0.25, 0.3) is 0 Å². The van der Waals surface area contributed by atoms with E-state index >= 15 is 0 Å². The number of rotatable bonds is 3. The highest BCUT2D eigenvalue weighted by Gasteiger charge is 2.09. The molecular formula is C15H10Cl2FNS. The van der Waals surface area contributed by atoms with E-state index in [-0.39, 0.29) is 5.02 Å². The molecular weight excluding hydrogens is 316 g/mol. The fourth-order valence-electron chi connectivity index (χ4n) is 1.97. The summed E-state index contributed by atoms with van der Waals surface area (Å²) in [4.78, 5) is 1.05. The molecule has 0 aliphatic heterocycles. The Bertz CT molecular complexity index is 770. The van der Waals surface area contributed by atoms with Gasteiger partial charge in [0.05, 0.1) is 16.6 Å². The summed E-state index contributed by atoms with van der Waals surface area (Å²) in [5.74, 6) is -0.419. The zero-order valence-electron chi connectivity index (χ0n) is 10.3. The maximum Gasteiger partial charge on any atom is 0.141 e. The molecule has 1 N–H and O–H groups in total. The first-order chi connectivity index (χ1) is 9.65. The lowest BCUT2D eigenvalue weighted by molar-refractivity contribution is 0.628. The molecule has 102 valence electrons. The standard InChI is InChI=1S/C15H10Cl2FNS/c16-11-7-9(5-6-12(11)18)19-8-14-15(17)10-3-1-2-4-13(10)20-14/h1-7,19H,8H2. The Morgan fingerprint density at radius 3 is 2.65 bits per heavy atom. The molecule has 2 aromatic carbocycles. The summed E-state index contributed by atoms with van der Waals surface area (Å²) < 4.78 is 14.2. The molecule has 0 aliphatic rings. The predicted molar refractivity (Wildman–Crippen MR) is 85.6 cm³/mol. The van der Waals surface area contributed by atoms with Gasteiger partial charge in [0.15, 0.2) is 0 Å². The third-order valence-electron chi connectivity index (χ3n) is 2.97. The van der Waals surface area contributed by atoms with E-state index in [2.05, 4.69) is 5.32 Å². The number of anilines is 1. The van der Waals surface area contributed by atoms with Crippen LogP contribution in [0.5, 0.6) is 0 Å². The minimum Gasteiger partial charge on any atom is -0.380 e. The van der Waals surface area contributed by atoms with Crippen molar-refractivity contribution in [1.82, 2.24) is 0 Å². The van der Waals surface area contributed by atoms with Crippen molar-refractivity contribution in [1.29, 1.82) is 0 Å². The van der Waals surface area contributed by atoms with Gasteiger partial charge in [-0.2, -0.15) is 0 Å². The van der Waals surface area contributed by atoms with Gasteiger partial charge in [0, 0.05) is 20.7 Å². The third kappa shape index (κ3) is 2.62. The van der Waals surface area contributed by atoms with Crippen LogP contribution in [0.3, 0.4) is 0 Å². The normalized spacial score (nSPS) is 10.9. The molecule has 0 saturated heterocycles. The van der Waals surface area contributed by atoms with Crippen LogP contribution in [0.1, 0.15) is 4.88 Å². The number of benzene rings is 2. The minimum atomic E-state index is -0.419. The van der Waals surface area contributed by atoms with Crippen molar-refractivity contribution in [2.45, 2.75) is 6.54 Å². The first-order valence-corrected chi connectivity index (χ1v) is 7.57. The summed E-state index contributed by atoms with van der Waals surface area (Å²) in [5.41, 5.74) is 0.768. The van der Waals surface area contributed by atoms with E-state index in [1.54, 1.807) is 23.5 Å². The first-order valence-electron chi connectivity index (χ1n) is 6.00. The second kappa shape index (κ2) is 5.60. The molecule has 0 aliphatic carbocycles. The molecule has 0 atom stereocenters. The monoisotopic (exact) mass is 325 g/mol. The van der Waals surface area contributed by atoms with Crippen LogP contribution in [0, 0.1) is 5.82 Å². The molecule has 0 bridgehead atoms. The molecule has 1 aromatic heterocycles. The number of hydrogen-bond donors (Lipinski definition) is 1. The lowest BCUT2D eigenvalue weighted by Crippen LogP contribution is -1.98. The number of hydrogen-bond acceptors (Lipinski definition) is 2. The Kier molecular flexibility index (Phi) is 3.83. The summed E-state index contributed by atoms with van der Waals surface area (Å²) in [7, 11) is 0. The first kappa shape index (κ1) is 13.7. The number of halogens is 3. The average molecular weight is 326 g/mol. The number of fused-ring (bicyclic) bond motifs is 1. The average Bonchev–Trinajstić information content (AvgIpc) is 2.77. The largest absolute Gasteiger partial charge is 0.380 e. The van der Waals surface area contributed by atoms with Gasteiger partial charge in [0.2, 0.25) is 0 Å². The molecule has 1 heterocycles. The molecule has 20 heavy (non-hydrogen) atoms. The van der Waals surface area contributed by atoms with E-state index in [1.807, 2.05) is 24.3 Å². The second-order valence-electron chi connectivity index (χ2n) is 4.32. The Morgan fingerprint density at radius 2 is 1.90 bits per heavy atom. The second-order valence-corrected chi connectivity index (χ2v) is 6.24. The molecule has 5 heteroatoms. The van der Waals surface area contributed by atoms with Crippen LogP contribution in [0.25, 0.3) is 10.1 Å². The van der Waals surface area contributed by atoms with Crippen molar-refractivity contribution >= 4 is 50.3 Å². The fraction of sp³-hybridized carbons (Fsp3) is 0.0667. The highest BCUT2D eigenvalue weighted by molar-refractivity contribution is 7.19. The molecule has 0 spiro atoms. The zero-order valence-corrected chi connectivity index (χ0v) is 12.6. The molecule has 0 unspecified atom stereocenters. The topological polar surface area (TPSA) is 12.0 Å². The summed E-state index contributed by atoms with van der Waals surface area (Å²) in [6.45, 7) is 0.583.